The molecule has 0 aliphatic heterocycles. The SMILES string of the molecule is CCCCCCCCCCCCCCCCCCCCCCCCC(=O)Nc1ccc(C(=O)O)cc1. The molecule has 1 aromatic carbocycles. The van der Waals surface area contributed by atoms with E-state index in [2.05, 4.69) is 12.2 Å². The van der Waals surface area contributed by atoms with Gasteiger partial charge in [0.15, 0.2) is 0 Å². The van der Waals surface area contributed by atoms with Crippen LogP contribution < -0.4 is 5.32 Å². The van der Waals surface area contributed by atoms with Gasteiger partial charge in [0.1, 0.15) is 0 Å². The molecule has 1 amide bonds. The summed E-state index contributed by atoms with van der Waals surface area (Å²) in [5.41, 5.74) is 0.886. The van der Waals surface area contributed by atoms with E-state index < -0.39 is 5.97 Å². The van der Waals surface area contributed by atoms with Crippen molar-refractivity contribution in [3.05, 3.63) is 29.8 Å². The van der Waals surface area contributed by atoms with E-state index in [1.54, 1.807) is 12.1 Å². The summed E-state index contributed by atoms with van der Waals surface area (Å²) >= 11 is 0. The van der Waals surface area contributed by atoms with Crippen molar-refractivity contribution >= 4 is 17.6 Å². The maximum Gasteiger partial charge on any atom is 0.335 e. The molecule has 0 bridgehead atoms. The Kier molecular flexibility index (Phi) is 21.1. The molecule has 0 spiro atoms. The Balaban J connectivity index is 1.76. The van der Waals surface area contributed by atoms with Crippen molar-refractivity contribution in [2.45, 2.75) is 155 Å². The highest BCUT2D eigenvalue weighted by Crippen LogP contribution is 2.16. The summed E-state index contributed by atoms with van der Waals surface area (Å²) < 4.78 is 0. The number of carbonyl (C=O) groups is 2. The van der Waals surface area contributed by atoms with Gasteiger partial charge in [-0.1, -0.05) is 142 Å². The van der Waals surface area contributed by atoms with Crippen LogP contribution in [0.15, 0.2) is 24.3 Å². The van der Waals surface area contributed by atoms with Crippen LogP contribution in [-0.4, -0.2) is 17.0 Å². The number of rotatable bonds is 25. The Bertz CT molecular complexity index is 656. The quantitative estimate of drug-likeness (QED) is 0.131. The summed E-state index contributed by atoms with van der Waals surface area (Å²) in [5, 5.41) is 11.8. The Morgan fingerprint density at radius 3 is 1.22 bits per heavy atom. The van der Waals surface area contributed by atoms with Crippen LogP contribution in [0, 0.1) is 0 Å². The van der Waals surface area contributed by atoms with Crippen molar-refractivity contribution in [3.8, 4) is 0 Å². The maximum absolute atomic E-state index is 12.0. The van der Waals surface area contributed by atoms with Crippen molar-refractivity contribution in [2.75, 3.05) is 5.32 Å². The molecule has 36 heavy (non-hydrogen) atoms. The van der Waals surface area contributed by atoms with Gasteiger partial charge in [-0.3, -0.25) is 4.79 Å². The van der Waals surface area contributed by atoms with E-state index in [0.29, 0.717) is 12.1 Å². The first-order valence-electron chi connectivity index (χ1n) is 15.3. The van der Waals surface area contributed by atoms with Gasteiger partial charge in [-0.2, -0.15) is 0 Å². The maximum atomic E-state index is 12.0. The van der Waals surface area contributed by atoms with Gasteiger partial charge in [0.25, 0.3) is 0 Å². The van der Waals surface area contributed by atoms with Crippen LogP contribution in [0.3, 0.4) is 0 Å². The Morgan fingerprint density at radius 2 is 0.889 bits per heavy atom. The van der Waals surface area contributed by atoms with Crippen LogP contribution >= 0.6 is 0 Å². The zero-order valence-electron chi connectivity index (χ0n) is 23.3. The molecule has 1 aromatic rings. The number of benzene rings is 1. The van der Waals surface area contributed by atoms with Crippen molar-refractivity contribution in [2.24, 2.45) is 0 Å². The number of carboxylic acid groups (broad SMARTS) is 1. The van der Waals surface area contributed by atoms with Crippen LogP contribution in [0.5, 0.6) is 0 Å². The zero-order chi connectivity index (χ0) is 26.1. The van der Waals surface area contributed by atoms with E-state index in [0.717, 1.165) is 12.8 Å². The molecular formula is C32H55NO3. The Morgan fingerprint density at radius 1 is 0.556 bits per heavy atom. The molecule has 0 saturated heterocycles. The molecule has 0 atom stereocenters. The molecule has 206 valence electrons. The summed E-state index contributed by atoms with van der Waals surface area (Å²) in [6.07, 6.45) is 30.5. The average molecular weight is 502 g/mol. The molecule has 0 aliphatic carbocycles. The van der Waals surface area contributed by atoms with Gasteiger partial charge in [-0.15, -0.1) is 0 Å². The van der Waals surface area contributed by atoms with Crippen molar-refractivity contribution in [1.82, 2.24) is 0 Å². The van der Waals surface area contributed by atoms with Gasteiger partial charge in [0, 0.05) is 12.1 Å². The molecule has 4 heteroatoms. The fraction of sp³-hybridized carbons (Fsp3) is 0.750. The lowest BCUT2D eigenvalue weighted by molar-refractivity contribution is -0.116. The monoisotopic (exact) mass is 501 g/mol. The van der Waals surface area contributed by atoms with E-state index in [1.165, 1.54) is 141 Å². The second-order valence-electron chi connectivity index (χ2n) is 10.6. The summed E-state index contributed by atoms with van der Waals surface area (Å²) in [4.78, 5) is 22.9. The number of hydrogen-bond donors (Lipinski definition) is 2. The Hall–Kier alpha value is -1.84. The molecule has 0 saturated carbocycles. The first-order chi connectivity index (χ1) is 17.6. The third kappa shape index (κ3) is 19.4. The molecule has 0 aromatic heterocycles. The van der Waals surface area contributed by atoms with E-state index in [1.807, 2.05) is 0 Å². The molecule has 4 nitrogen and oxygen atoms in total. The number of unbranched alkanes of at least 4 members (excludes halogenated alkanes) is 21. The highest BCUT2D eigenvalue weighted by atomic mass is 16.4. The zero-order valence-corrected chi connectivity index (χ0v) is 23.3. The number of hydrogen-bond acceptors (Lipinski definition) is 2. The third-order valence-electron chi connectivity index (χ3n) is 7.17. The smallest absolute Gasteiger partial charge is 0.335 e. The van der Waals surface area contributed by atoms with Gasteiger partial charge in [-0.25, -0.2) is 4.79 Å². The van der Waals surface area contributed by atoms with Crippen LogP contribution in [0.2, 0.25) is 0 Å². The minimum Gasteiger partial charge on any atom is -0.478 e. The number of aromatic carboxylic acids is 1. The molecule has 1 rings (SSSR count). The number of carbonyl (C=O) groups excluding carboxylic acids is 1. The number of amides is 1. The van der Waals surface area contributed by atoms with E-state index >= 15 is 0 Å². The van der Waals surface area contributed by atoms with E-state index in [-0.39, 0.29) is 11.5 Å². The van der Waals surface area contributed by atoms with Gasteiger partial charge >= 0.3 is 5.97 Å². The molecule has 0 fully saturated rings. The number of carboxylic acids is 1. The van der Waals surface area contributed by atoms with E-state index in [4.69, 9.17) is 5.11 Å². The molecular weight excluding hydrogens is 446 g/mol. The average Bonchev–Trinajstić information content (AvgIpc) is 2.87. The largest absolute Gasteiger partial charge is 0.478 e. The highest BCUT2D eigenvalue weighted by Gasteiger charge is 2.05. The predicted molar refractivity (Wildman–Crippen MR) is 154 cm³/mol. The van der Waals surface area contributed by atoms with Crippen LogP contribution in [-0.2, 0) is 4.79 Å². The lowest BCUT2D eigenvalue weighted by atomic mass is 10.0. The minimum atomic E-state index is -0.956. The minimum absolute atomic E-state index is 0.00578. The van der Waals surface area contributed by atoms with Gasteiger partial charge < -0.3 is 10.4 Å². The van der Waals surface area contributed by atoms with Gasteiger partial charge in [0.2, 0.25) is 5.91 Å². The Labute approximate surface area is 222 Å². The molecule has 0 heterocycles. The first-order valence-corrected chi connectivity index (χ1v) is 15.3. The second-order valence-corrected chi connectivity index (χ2v) is 10.6. The van der Waals surface area contributed by atoms with E-state index in [9.17, 15) is 9.59 Å². The van der Waals surface area contributed by atoms with Crippen molar-refractivity contribution < 1.29 is 14.7 Å². The fourth-order valence-corrected chi connectivity index (χ4v) is 4.81. The molecule has 2 N–H and O–H groups in total. The normalized spacial score (nSPS) is 11.0. The molecule has 0 aliphatic rings. The summed E-state index contributed by atoms with van der Waals surface area (Å²) in [7, 11) is 0. The summed E-state index contributed by atoms with van der Waals surface area (Å²) in [6, 6.07) is 6.30. The molecule has 0 unspecified atom stereocenters. The summed E-state index contributed by atoms with van der Waals surface area (Å²) in [5.74, 6) is -0.950. The van der Waals surface area contributed by atoms with Gasteiger partial charge in [-0.05, 0) is 30.7 Å². The standard InChI is InChI=1S/C32H55NO3/c1-2-3-4-5-6-7-8-9-10-11-12-13-14-15-16-17-18-19-20-21-22-23-24-31(34)33-30-27-25-29(26-28-30)32(35)36/h25-28H,2-24H2,1H3,(H,33,34)(H,35,36). The van der Waals surface area contributed by atoms with Crippen molar-refractivity contribution in [1.29, 1.82) is 0 Å². The lowest BCUT2D eigenvalue weighted by Gasteiger charge is -2.06. The predicted octanol–water partition coefficient (Wildman–Crippen LogP) is 10.3. The van der Waals surface area contributed by atoms with Crippen LogP contribution in [0.1, 0.15) is 165 Å². The highest BCUT2D eigenvalue weighted by molar-refractivity contribution is 5.92. The first kappa shape index (κ1) is 32.2. The lowest BCUT2D eigenvalue weighted by Crippen LogP contribution is -2.11. The summed E-state index contributed by atoms with van der Waals surface area (Å²) in [6.45, 7) is 2.29. The van der Waals surface area contributed by atoms with Crippen LogP contribution in [0.25, 0.3) is 0 Å². The van der Waals surface area contributed by atoms with Gasteiger partial charge in [0.05, 0.1) is 5.56 Å². The third-order valence-corrected chi connectivity index (χ3v) is 7.17. The molecule has 0 radical (unpaired) electrons. The van der Waals surface area contributed by atoms with Crippen LogP contribution in [0.4, 0.5) is 5.69 Å². The topological polar surface area (TPSA) is 66.4 Å². The number of anilines is 1. The second kappa shape index (κ2) is 23.6. The number of nitrogens with one attached hydrogen (secondary N) is 1. The fourth-order valence-electron chi connectivity index (χ4n) is 4.81. The van der Waals surface area contributed by atoms with Crippen molar-refractivity contribution in [3.63, 3.8) is 0 Å².